The molecule has 0 saturated carbocycles. The molecule has 1 heterocycles. The van der Waals surface area contributed by atoms with Gasteiger partial charge in [-0.05, 0) is 6.07 Å². The van der Waals surface area contributed by atoms with Crippen LogP contribution in [0.4, 0.5) is 8.78 Å². The van der Waals surface area contributed by atoms with Gasteiger partial charge in [-0.3, -0.25) is 5.73 Å². The molecule has 1 radical (unpaired) electrons. The number of hydrogen-bond donors (Lipinski definition) is 0. The quantitative estimate of drug-likeness (QED) is 0.479. The van der Waals surface area contributed by atoms with Gasteiger partial charge in [0.2, 0.25) is 0 Å². The van der Waals surface area contributed by atoms with Crippen LogP contribution in [-0.4, -0.2) is 6.54 Å². The molecule has 0 aliphatic rings. The van der Waals surface area contributed by atoms with E-state index in [-0.39, 0.29) is 4.73 Å². The number of halogens is 2. The zero-order chi connectivity index (χ0) is 9.19. The van der Waals surface area contributed by atoms with Crippen molar-refractivity contribution in [1.82, 2.24) is 5.73 Å². The van der Waals surface area contributed by atoms with Crippen LogP contribution >= 0.6 is 0 Å². The van der Waals surface area contributed by atoms with Crippen LogP contribution in [0.25, 0.3) is 0 Å². The van der Waals surface area contributed by atoms with E-state index in [9.17, 15) is 14.0 Å². The molecule has 1 aromatic heterocycles. The first-order valence-corrected chi connectivity index (χ1v) is 3.29. The molecular formula is C7H7F2N2O. The molecule has 0 spiro atoms. The van der Waals surface area contributed by atoms with Crippen LogP contribution in [0.2, 0.25) is 0 Å². The molecule has 0 aliphatic heterocycles. The van der Waals surface area contributed by atoms with Crippen LogP contribution in [0.5, 0.6) is 0 Å². The molecule has 0 bridgehead atoms. The lowest BCUT2D eigenvalue weighted by Crippen LogP contribution is -2.39. The Morgan fingerprint density at radius 3 is 2.67 bits per heavy atom. The van der Waals surface area contributed by atoms with Gasteiger partial charge in [0.15, 0.2) is 6.20 Å². The lowest BCUT2D eigenvalue weighted by molar-refractivity contribution is -0.624. The predicted molar refractivity (Wildman–Crippen MR) is 37.3 cm³/mol. The maximum atomic E-state index is 12.7. The minimum absolute atomic E-state index is 0.0779. The summed E-state index contributed by atoms with van der Waals surface area (Å²) in [5, 5.41) is 10.8. The summed E-state index contributed by atoms with van der Waals surface area (Å²) < 4.78 is 25.6. The normalized spacial score (nSPS) is 11.6. The lowest BCUT2D eigenvalue weighted by atomic mass is 10.2. The molecule has 5 heteroatoms. The first-order chi connectivity index (χ1) is 5.58. The molecule has 0 fully saturated rings. The fourth-order valence-electron chi connectivity index (χ4n) is 0.802. The van der Waals surface area contributed by atoms with Gasteiger partial charge in [-0.1, -0.05) is 0 Å². The summed E-state index contributed by atoms with van der Waals surface area (Å²) in [6.07, 6.45) is 0.985. The lowest BCUT2D eigenvalue weighted by Gasteiger charge is -2.11. The molecule has 1 rings (SSSR count). The van der Waals surface area contributed by atoms with Crippen molar-refractivity contribution in [1.29, 1.82) is 0 Å². The molecule has 0 aromatic carbocycles. The van der Waals surface area contributed by atoms with Crippen molar-refractivity contribution in [3.63, 3.8) is 0 Å². The third kappa shape index (κ3) is 1.50. The van der Waals surface area contributed by atoms with Crippen molar-refractivity contribution in [3.8, 4) is 0 Å². The fourth-order valence-corrected chi connectivity index (χ4v) is 0.802. The Balaban J connectivity index is 3.10. The maximum absolute atomic E-state index is 12.7. The van der Waals surface area contributed by atoms with Crippen molar-refractivity contribution >= 4 is 0 Å². The Kier molecular flexibility index (Phi) is 2.23. The number of hydrogen-bond acceptors (Lipinski definition) is 1. The van der Waals surface area contributed by atoms with Crippen LogP contribution in [0.1, 0.15) is 5.69 Å². The summed E-state index contributed by atoms with van der Waals surface area (Å²) in [6, 6.07) is 3.71. The second-order valence-electron chi connectivity index (χ2n) is 2.29. The molecular weight excluding hydrogens is 166 g/mol. The Labute approximate surface area is 68.0 Å². The number of nitrogens with zero attached hydrogens (tertiary/aromatic N) is 1. The zero-order valence-corrected chi connectivity index (χ0v) is 6.13. The summed E-state index contributed by atoms with van der Waals surface area (Å²) in [4.78, 5) is 0. The minimum Gasteiger partial charge on any atom is -0.618 e. The highest BCUT2D eigenvalue weighted by molar-refractivity contribution is 5.04. The standard InChI is InChI=1S/C7H7F2N2O/c8-7(9,5-10)6-3-1-2-4-11(6)12/h1-4,10H,5H2. The van der Waals surface area contributed by atoms with Crippen LogP contribution in [-0.2, 0) is 5.92 Å². The van der Waals surface area contributed by atoms with Crippen molar-refractivity contribution in [2.75, 3.05) is 6.54 Å². The largest absolute Gasteiger partial charge is 0.618 e. The van der Waals surface area contributed by atoms with Crippen LogP contribution in [0.3, 0.4) is 0 Å². The maximum Gasteiger partial charge on any atom is 0.344 e. The van der Waals surface area contributed by atoms with Gasteiger partial charge in [-0.2, -0.15) is 13.5 Å². The summed E-state index contributed by atoms with van der Waals surface area (Å²) >= 11 is 0. The third-order valence-corrected chi connectivity index (χ3v) is 1.42. The third-order valence-electron chi connectivity index (χ3n) is 1.42. The van der Waals surface area contributed by atoms with Crippen molar-refractivity contribution in [2.24, 2.45) is 0 Å². The van der Waals surface area contributed by atoms with Crippen molar-refractivity contribution in [3.05, 3.63) is 35.3 Å². The predicted octanol–water partition coefficient (Wildman–Crippen LogP) is 0.695. The second kappa shape index (κ2) is 3.02. The molecule has 1 aromatic rings. The van der Waals surface area contributed by atoms with E-state index in [1.54, 1.807) is 0 Å². The first kappa shape index (κ1) is 8.86. The molecule has 1 N–H and O–H groups in total. The number of pyridine rings is 1. The summed E-state index contributed by atoms with van der Waals surface area (Å²) in [7, 11) is 0. The van der Waals surface area contributed by atoms with Gasteiger partial charge in [0.25, 0.3) is 5.69 Å². The van der Waals surface area contributed by atoms with E-state index in [2.05, 4.69) is 0 Å². The van der Waals surface area contributed by atoms with Gasteiger partial charge in [-0.15, -0.1) is 0 Å². The topological polar surface area (TPSA) is 50.7 Å². The van der Waals surface area contributed by atoms with E-state index < -0.39 is 18.2 Å². The molecule has 3 nitrogen and oxygen atoms in total. The summed E-state index contributed by atoms with van der Waals surface area (Å²) in [5.74, 6) is -3.36. The monoisotopic (exact) mass is 173 g/mol. The molecule has 0 aliphatic carbocycles. The van der Waals surface area contributed by atoms with E-state index in [4.69, 9.17) is 5.73 Å². The van der Waals surface area contributed by atoms with Crippen LogP contribution in [0, 0.1) is 5.21 Å². The van der Waals surface area contributed by atoms with Gasteiger partial charge >= 0.3 is 5.92 Å². The van der Waals surface area contributed by atoms with E-state index in [1.165, 1.54) is 12.1 Å². The highest BCUT2D eigenvalue weighted by Crippen LogP contribution is 2.23. The smallest absolute Gasteiger partial charge is 0.344 e. The van der Waals surface area contributed by atoms with Gasteiger partial charge in [0.05, 0.1) is 6.54 Å². The molecule has 0 saturated heterocycles. The number of aromatic nitrogens is 1. The van der Waals surface area contributed by atoms with Gasteiger partial charge in [0, 0.05) is 12.1 Å². The molecule has 0 amide bonds. The van der Waals surface area contributed by atoms with Gasteiger partial charge in [0.1, 0.15) is 0 Å². The average Bonchev–Trinajstić information content (AvgIpc) is 2.05. The summed E-state index contributed by atoms with van der Waals surface area (Å²) in [5.41, 5.74) is 5.86. The average molecular weight is 173 g/mol. The summed E-state index contributed by atoms with van der Waals surface area (Å²) in [6.45, 7) is -1.11. The number of alkyl halides is 2. The number of rotatable bonds is 2. The fraction of sp³-hybridized carbons (Fsp3) is 0.286. The van der Waals surface area contributed by atoms with Crippen LogP contribution < -0.4 is 10.5 Å². The molecule has 12 heavy (non-hydrogen) atoms. The van der Waals surface area contributed by atoms with E-state index in [0.717, 1.165) is 12.3 Å². The van der Waals surface area contributed by atoms with Crippen molar-refractivity contribution < 1.29 is 13.5 Å². The van der Waals surface area contributed by atoms with E-state index in [0.29, 0.717) is 0 Å². The van der Waals surface area contributed by atoms with Crippen LogP contribution in [0.15, 0.2) is 24.4 Å². The van der Waals surface area contributed by atoms with Gasteiger partial charge in [-0.25, -0.2) is 0 Å². The van der Waals surface area contributed by atoms with E-state index >= 15 is 0 Å². The van der Waals surface area contributed by atoms with Crippen molar-refractivity contribution in [2.45, 2.75) is 5.92 Å². The SMILES string of the molecule is [NH]CC(F)(F)c1cccc[n+]1[O-]. The molecule has 65 valence electrons. The Morgan fingerprint density at radius 1 is 1.50 bits per heavy atom. The van der Waals surface area contributed by atoms with Gasteiger partial charge < -0.3 is 5.21 Å². The van der Waals surface area contributed by atoms with E-state index in [1.807, 2.05) is 0 Å². The zero-order valence-electron chi connectivity index (χ0n) is 6.13. The second-order valence-corrected chi connectivity index (χ2v) is 2.29. The highest BCUT2D eigenvalue weighted by Gasteiger charge is 2.37. The molecule has 0 unspecified atom stereocenters. The highest BCUT2D eigenvalue weighted by atomic mass is 19.3. The Hall–Kier alpha value is -1.23. The first-order valence-electron chi connectivity index (χ1n) is 3.29. The Bertz CT molecular complexity index is 278. The molecule has 0 atom stereocenters. The minimum atomic E-state index is -3.36. The Morgan fingerprint density at radius 2 is 2.17 bits per heavy atom. The number of nitrogens with one attached hydrogen (secondary N) is 1.